The van der Waals surface area contributed by atoms with Crippen LogP contribution in [-0.2, 0) is 17.6 Å². The zero-order chi connectivity index (χ0) is 19.2. The molecule has 0 spiro atoms. The van der Waals surface area contributed by atoms with Gasteiger partial charge in [-0.25, -0.2) is 0 Å². The van der Waals surface area contributed by atoms with Crippen molar-refractivity contribution in [2.75, 3.05) is 19.5 Å². The van der Waals surface area contributed by atoms with E-state index in [9.17, 15) is 4.79 Å². The van der Waals surface area contributed by atoms with E-state index in [1.54, 1.807) is 25.6 Å². The summed E-state index contributed by atoms with van der Waals surface area (Å²) in [5.41, 5.74) is 3.01. The summed E-state index contributed by atoms with van der Waals surface area (Å²) < 4.78 is 10.8. The third-order valence-electron chi connectivity index (χ3n) is 4.18. The number of hydrogen-bond acceptors (Lipinski definition) is 5. The highest BCUT2D eigenvalue weighted by molar-refractivity contribution is 7.10. The average molecular weight is 385 g/mol. The third-order valence-corrected chi connectivity index (χ3v) is 5.06. The lowest BCUT2D eigenvalue weighted by atomic mass is 10.1. The second kappa shape index (κ2) is 8.73. The number of thiophene rings is 1. The van der Waals surface area contributed by atoms with Crippen molar-refractivity contribution in [1.82, 2.24) is 10.2 Å². The van der Waals surface area contributed by atoms with Gasteiger partial charge in [-0.05, 0) is 36.1 Å². The third kappa shape index (κ3) is 4.31. The van der Waals surface area contributed by atoms with Crippen LogP contribution < -0.4 is 14.8 Å². The zero-order valence-electron chi connectivity index (χ0n) is 15.7. The maximum Gasteiger partial charge on any atom is 0.229 e. The van der Waals surface area contributed by atoms with Crippen LogP contribution in [0.4, 0.5) is 5.69 Å². The summed E-state index contributed by atoms with van der Waals surface area (Å²) in [4.78, 5) is 13.6. The van der Waals surface area contributed by atoms with Crippen LogP contribution in [0.3, 0.4) is 0 Å². The number of nitrogens with zero attached hydrogens (tertiary/aromatic N) is 1. The van der Waals surface area contributed by atoms with Crippen molar-refractivity contribution in [2.24, 2.45) is 0 Å². The summed E-state index contributed by atoms with van der Waals surface area (Å²) in [6, 6.07) is 9.43. The van der Waals surface area contributed by atoms with Crippen molar-refractivity contribution in [1.29, 1.82) is 0 Å². The molecule has 0 aliphatic carbocycles. The minimum atomic E-state index is -0.0701. The average Bonchev–Trinajstić information content (AvgIpc) is 3.32. The molecule has 0 saturated carbocycles. The van der Waals surface area contributed by atoms with Gasteiger partial charge in [0.2, 0.25) is 5.91 Å². The van der Waals surface area contributed by atoms with Crippen LogP contribution in [0, 0.1) is 0 Å². The van der Waals surface area contributed by atoms with Crippen molar-refractivity contribution in [3.63, 3.8) is 0 Å². The fourth-order valence-corrected chi connectivity index (χ4v) is 3.60. The van der Waals surface area contributed by atoms with E-state index in [0.29, 0.717) is 29.3 Å². The Bertz CT molecular complexity index is 903. The predicted octanol–water partition coefficient (Wildman–Crippen LogP) is 4.29. The maximum absolute atomic E-state index is 12.6. The molecule has 1 aromatic carbocycles. The molecule has 0 saturated heterocycles. The second-order valence-corrected chi connectivity index (χ2v) is 7.08. The van der Waals surface area contributed by atoms with Crippen molar-refractivity contribution >= 4 is 22.9 Å². The lowest BCUT2D eigenvalue weighted by Gasteiger charge is -2.12. The maximum atomic E-state index is 12.6. The van der Waals surface area contributed by atoms with Gasteiger partial charge in [0.15, 0.2) is 0 Å². The van der Waals surface area contributed by atoms with E-state index in [1.165, 1.54) is 0 Å². The number of benzene rings is 1. The van der Waals surface area contributed by atoms with E-state index in [4.69, 9.17) is 9.47 Å². The van der Waals surface area contributed by atoms with Gasteiger partial charge in [0, 0.05) is 10.4 Å². The molecule has 3 rings (SSSR count). The molecule has 2 aromatic heterocycles. The Labute approximate surface area is 162 Å². The van der Waals surface area contributed by atoms with E-state index in [1.807, 2.05) is 35.7 Å². The molecule has 3 aromatic rings. The van der Waals surface area contributed by atoms with Crippen molar-refractivity contribution < 1.29 is 14.3 Å². The fourth-order valence-electron chi connectivity index (χ4n) is 2.89. The minimum Gasteiger partial charge on any atom is -0.497 e. The first-order valence-electron chi connectivity index (χ1n) is 8.78. The van der Waals surface area contributed by atoms with Gasteiger partial charge in [-0.15, -0.1) is 11.3 Å². The number of H-pyrrole nitrogens is 1. The van der Waals surface area contributed by atoms with Crippen LogP contribution in [0.5, 0.6) is 11.5 Å². The second-order valence-electron chi connectivity index (χ2n) is 6.05. The Morgan fingerprint density at radius 3 is 2.78 bits per heavy atom. The first kappa shape index (κ1) is 19.0. The topological polar surface area (TPSA) is 76.2 Å². The Morgan fingerprint density at radius 2 is 2.11 bits per heavy atom. The molecular formula is C20H23N3O3S. The highest BCUT2D eigenvalue weighted by atomic mass is 32.1. The summed E-state index contributed by atoms with van der Waals surface area (Å²) in [6.45, 7) is 2.09. The molecular weight excluding hydrogens is 362 g/mol. The lowest BCUT2D eigenvalue weighted by Crippen LogP contribution is -2.15. The summed E-state index contributed by atoms with van der Waals surface area (Å²) in [5, 5.41) is 12.5. The van der Waals surface area contributed by atoms with E-state index in [-0.39, 0.29) is 5.91 Å². The number of anilines is 1. The summed E-state index contributed by atoms with van der Waals surface area (Å²) in [5.74, 6) is 1.29. The number of nitrogens with one attached hydrogen (secondary N) is 2. The smallest absolute Gasteiger partial charge is 0.229 e. The molecule has 2 N–H and O–H groups in total. The summed E-state index contributed by atoms with van der Waals surface area (Å²) >= 11 is 1.57. The molecule has 0 bridgehead atoms. The molecule has 7 heteroatoms. The van der Waals surface area contributed by atoms with E-state index >= 15 is 0 Å². The van der Waals surface area contributed by atoms with E-state index in [2.05, 4.69) is 22.4 Å². The van der Waals surface area contributed by atoms with Crippen LogP contribution >= 0.6 is 11.3 Å². The Kier molecular flexibility index (Phi) is 6.13. The van der Waals surface area contributed by atoms with Crippen LogP contribution in [0.15, 0.2) is 35.7 Å². The van der Waals surface area contributed by atoms with Crippen LogP contribution in [-0.4, -0.2) is 30.3 Å². The lowest BCUT2D eigenvalue weighted by molar-refractivity contribution is -0.115. The Balaban J connectivity index is 1.98. The number of carbonyl (C=O) groups is 1. The molecule has 2 heterocycles. The number of rotatable bonds is 8. The van der Waals surface area contributed by atoms with Crippen LogP contribution in [0.2, 0.25) is 0 Å². The number of aromatic nitrogens is 2. The first-order valence-corrected chi connectivity index (χ1v) is 9.66. The van der Waals surface area contributed by atoms with Gasteiger partial charge >= 0.3 is 0 Å². The Hall–Kier alpha value is -2.80. The molecule has 0 fully saturated rings. The number of methoxy groups -OCH3 is 2. The number of hydrogen-bond donors (Lipinski definition) is 2. The normalized spacial score (nSPS) is 10.6. The molecule has 0 aliphatic rings. The molecule has 0 radical (unpaired) electrons. The quantitative estimate of drug-likeness (QED) is 0.606. The SMILES string of the molecule is CCCc1[nH]nc(-c2cc(OC)ccc2OC)c1NC(=O)Cc1cccs1. The van der Waals surface area contributed by atoms with E-state index < -0.39 is 0 Å². The molecule has 6 nitrogen and oxygen atoms in total. The fraction of sp³-hybridized carbons (Fsp3) is 0.300. The van der Waals surface area contributed by atoms with Gasteiger partial charge in [0.1, 0.15) is 17.2 Å². The monoisotopic (exact) mass is 385 g/mol. The number of carbonyl (C=O) groups excluding carboxylic acids is 1. The molecule has 0 unspecified atom stereocenters. The highest BCUT2D eigenvalue weighted by Crippen LogP contribution is 2.38. The molecule has 142 valence electrons. The van der Waals surface area contributed by atoms with Gasteiger partial charge in [-0.2, -0.15) is 5.10 Å². The van der Waals surface area contributed by atoms with Gasteiger partial charge in [0.05, 0.1) is 32.0 Å². The van der Waals surface area contributed by atoms with Crippen LogP contribution in [0.1, 0.15) is 23.9 Å². The summed E-state index contributed by atoms with van der Waals surface area (Å²) in [6.07, 6.45) is 2.06. The molecule has 0 aliphatic heterocycles. The first-order chi connectivity index (χ1) is 13.2. The van der Waals surface area contributed by atoms with Crippen LogP contribution in [0.25, 0.3) is 11.3 Å². The highest BCUT2D eigenvalue weighted by Gasteiger charge is 2.20. The minimum absolute atomic E-state index is 0.0701. The standard InChI is InChI=1S/C20H23N3O3S/c1-4-6-16-20(21-18(24)12-14-7-5-10-27-14)19(23-22-16)15-11-13(25-2)8-9-17(15)26-3/h5,7-11H,4,6,12H2,1-3H3,(H,21,24)(H,22,23). The zero-order valence-corrected chi connectivity index (χ0v) is 16.5. The molecule has 27 heavy (non-hydrogen) atoms. The van der Waals surface area contributed by atoms with Gasteiger partial charge in [-0.3, -0.25) is 9.89 Å². The van der Waals surface area contributed by atoms with Gasteiger partial charge < -0.3 is 14.8 Å². The summed E-state index contributed by atoms with van der Waals surface area (Å²) in [7, 11) is 3.22. The van der Waals surface area contributed by atoms with Crippen molar-refractivity contribution in [3.05, 3.63) is 46.3 Å². The Morgan fingerprint density at radius 1 is 1.26 bits per heavy atom. The largest absolute Gasteiger partial charge is 0.497 e. The molecule has 1 amide bonds. The number of aromatic amines is 1. The van der Waals surface area contributed by atoms with E-state index in [0.717, 1.165) is 29.0 Å². The number of amides is 1. The van der Waals surface area contributed by atoms with Crippen molar-refractivity contribution in [2.45, 2.75) is 26.2 Å². The van der Waals surface area contributed by atoms with Gasteiger partial charge in [0.25, 0.3) is 0 Å². The predicted molar refractivity (Wildman–Crippen MR) is 108 cm³/mol. The number of ether oxygens (including phenoxy) is 2. The molecule has 0 atom stereocenters. The van der Waals surface area contributed by atoms with Gasteiger partial charge in [-0.1, -0.05) is 19.4 Å². The number of aryl methyl sites for hydroxylation is 1. The van der Waals surface area contributed by atoms with Crippen molar-refractivity contribution in [3.8, 4) is 22.8 Å².